The number of ether oxygens (including phenoxy) is 2. The van der Waals surface area contributed by atoms with Crippen LogP contribution in [-0.2, 0) is 43.4 Å². The molecule has 3 atom stereocenters. The van der Waals surface area contributed by atoms with E-state index in [0.29, 0.717) is 58.0 Å². The number of rotatable bonds is 15. The van der Waals surface area contributed by atoms with Crippen LogP contribution >= 0.6 is 0 Å². The maximum atomic E-state index is 13.8. The maximum Gasteiger partial charge on any atom is 0.407 e. The van der Waals surface area contributed by atoms with E-state index in [2.05, 4.69) is 10.6 Å². The third-order valence-electron chi connectivity index (χ3n) is 8.89. The molecule has 1 heterocycles. The van der Waals surface area contributed by atoms with Gasteiger partial charge in [-0.1, -0.05) is 103 Å². The van der Waals surface area contributed by atoms with Gasteiger partial charge < -0.3 is 30.1 Å². The number of carbonyl (C=O) groups is 4. The highest BCUT2D eigenvalue weighted by molar-refractivity contribution is 5.86. The smallest absolute Gasteiger partial charge is 0.407 e. The van der Waals surface area contributed by atoms with Crippen molar-refractivity contribution in [3.63, 3.8) is 0 Å². The van der Waals surface area contributed by atoms with Crippen LogP contribution in [0.1, 0.15) is 61.6 Å². The SMILES string of the molecule is O=C(NCCCCC1COC(=O)C(Cc2ccccc2)CCC=CCC(CC(=O)N(CCO)Cc2ccccc2)C(=O)N1)OCc1ccccc1. The Morgan fingerprint density at radius 3 is 2.22 bits per heavy atom. The first kappa shape index (κ1) is 38.8. The van der Waals surface area contributed by atoms with E-state index in [4.69, 9.17) is 9.47 Å². The molecule has 3 N–H and O–H groups in total. The Labute approximate surface area is 301 Å². The average molecular weight is 698 g/mol. The van der Waals surface area contributed by atoms with Gasteiger partial charge in [-0.25, -0.2) is 4.79 Å². The molecule has 1 aliphatic heterocycles. The van der Waals surface area contributed by atoms with Crippen LogP contribution in [0.25, 0.3) is 0 Å². The fourth-order valence-electron chi connectivity index (χ4n) is 6.01. The van der Waals surface area contributed by atoms with Gasteiger partial charge in [-0.3, -0.25) is 14.4 Å². The number of nitrogens with one attached hydrogen (secondary N) is 2. The number of benzene rings is 3. The van der Waals surface area contributed by atoms with E-state index in [-0.39, 0.29) is 56.5 Å². The van der Waals surface area contributed by atoms with E-state index in [1.54, 1.807) is 4.90 Å². The zero-order valence-corrected chi connectivity index (χ0v) is 29.3. The lowest BCUT2D eigenvalue weighted by atomic mass is 9.94. The number of aliphatic hydroxyl groups excluding tert-OH is 1. The van der Waals surface area contributed by atoms with Crippen LogP contribution in [0.4, 0.5) is 4.79 Å². The second-order valence-corrected chi connectivity index (χ2v) is 12.9. The molecule has 0 saturated carbocycles. The average Bonchev–Trinajstić information content (AvgIpc) is 3.16. The van der Waals surface area contributed by atoms with Crippen LogP contribution in [0.15, 0.2) is 103 Å². The number of nitrogens with zero attached hydrogens (tertiary/aromatic N) is 1. The molecule has 272 valence electrons. The summed E-state index contributed by atoms with van der Waals surface area (Å²) in [5, 5.41) is 15.5. The summed E-state index contributed by atoms with van der Waals surface area (Å²) >= 11 is 0. The summed E-state index contributed by atoms with van der Waals surface area (Å²) in [6, 6.07) is 28.3. The zero-order valence-electron chi connectivity index (χ0n) is 29.3. The van der Waals surface area contributed by atoms with E-state index in [9.17, 15) is 24.3 Å². The summed E-state index contributed by atoms with van der Waals surface area (Å²) in [5.41, 5.74) is 2.88. The van der Waals surface area contributed by atoms with Crippen molar-refractivity contribution in [2.24, 2.45) is 11.8 Å². The molecule has 4 rings (SSSR count). The summed E-state index contributed by atoms with van der Waals surface area (Å²) in [7, 11) is 0. The number of esters is 1. The summed E-state index contributed by atoms with van der Waals surface area (Å²) < 4.78 is 11.1. The number of alkyl carbamates (subject to hydrolysis) is 1. The van der Waals surface area contributed by atoms with E-state index in [0.717, 1.165) is 16.7 Å². The van der Waals surface area contributed by atoms with Crippen LogP contribution in [-0.4, -0.2) is 66.2 Å². The molecule has 3 amide bonds. The molecule has 3 aromatic carbocycles. The molecule has 0 spiro atoms. The summed E-state index contributed by atoms with van der Waals surface area (Å²) in [6.45, 7) is 0.873. The van der Waals surface area contributed by atoms with Crippen molar-refractivity contribution < 1.29 is 33.8 Å². The van der Waals surface area contributed by atoms with Crippen molar-refractivity contribution in [3.05, 3.63) is 120 Å². The molecule has 0 fully saturated rings. The second-order valence-electron chi connectivity index (χ2n) is 12.9. The number of cyclic esters (lactones) is 1. The Morgan fingerprint density at radius 2 is 1.53 bits per heavy atom. The minimum atomic E-state index is -0.647. The molecule has 3 unspecified atom stereocenters. The van der Waals surface area contributed by atoms with Gasteiger partial charge in [0, 0.05) is 26.1 Å². The van der Waals surface area contributed by atoms with Crippen LogP contribution in [0, 0.1) is 11.8 Å². The number of hydrogen-bond acceptors (Lipinski definition) is 7. The third-order valence-corrected chi connectivity index (χ3v) is 8.89. The minimum Gasteiger partial charge on any atom is -0.463 e. The van der Waals surface area contributed by atoms with E-state index >= 15 is 0 Å². The molecule has 51 heavy (non-hydrogen) atoms. The Kier molecular flexibility index (Phi) is 16.7. The van der Waals surface area contributed by atoms with Crippen LogP contribution in [0.5, 0.6) is 0 Å². The number of allylic oxidation sites excluding steroid dienone is 2. The van der Waals surface area contributed by atoms with Gasteiger partial charge in [0.2, 0.25) is 11.8 Å². The normalized spacial score (nSPS) is 18.3. The molecule has 0 aliphatic carbocycles. The van der Waals surface area contributed by atoms with Crippen molar-refractivity contribution in [2.75, 3.05) is 26.3 Å². The molecule has 0 bridgehead atoms. The van der Waals surface area contributed by atoms with Gasteiger partial charge in [-0.2, -0.15) is 0 Å². The lowest BCUT2D eigenvalue weighted by Crippen LogP contribution is -2.44. The quantitative estimate of drug-likeness (QED) is 0.105. The summed E-state index contributed by atoms with van der Waals surface area (Å²) in [4.78, 5) is 54.5. The van der Waals surface area contributed by atoms with E-state index in [1.165, 1.54) is 0 Å². The molecular formula is C41H51N3O7. The summed E-state index contributed by atoms with van der Waals surface area (Å²) in [6.07, 6.45) is 7.26. The number of amides is 3. The number of unbranched alkanes of at least 4 members (excludes halogenated alkanes) is 1. The first-order valence-corrected chi connectivity index (χ1v) is 17.9. The predicted octanol–water partition coefficient (Wildman–Crippen LogP) is 5.74. The molecule has 0 saturated heterocycles. The summed E-state index contributed by atoms with van der Waals surface area (Å²) in [5.74, 6) is -1.81. The van der Waals surface area contributed by atoms with E-state index in [1.807, 2.05) is 103 Å². The fraction of sp³-hybridized carbons (Fsp3) is 0.415. The Morgan fingerprint density at radius 1 is 0.863 bits per heavy atom. The van der Waals surface area contributed by atoms with Crippen molar-refractivity contribution in [1.29, 1.82) is 0 Å². The highest BCUT2D eigenvalue weighted by Crippen LogP contribution is 2.20. The molecular weight excluding hydrogens is 646 g/mol. The maximum absolute atomic E-state index is 13.8. The molecule has 3 aromatic rings. The van der Waals surface area contributed by atoms with Gasteiger partial charge in [0.05, 0.1) is 24.5 Å². The first-order chi connectivity index (χ1) is 24.9. The molecule has 1 aliphatic rings. The van der Waals surface area contributed by atoms with Crippen molar-refractivity contribution in [2.45, 2.75) is 70.6 Å². The molecule has 0 aromatic heterocycles. The number of aliphatic hydroxyl groups is 1. The molecule has 10 nitrogen and oxygen atoms in total. The van der Waals surface area contributed by atoms with E-state index < -0.39 is 18.1 Å². The van der Waals surface area contributed by atoms with Gasteiger partial charge in [0.15, 0.2) is 0 Å². The Balaban J connectivity index is 1.39. The number of hydrogen-bond donors (Lipinski definition) is 3. The Bertz CT molecular complexity index is 1520. The van der Waals surface area contributed by atoms with Crippen molar-refractivity contribution >= 4 is 23.9 Å². The van der Waals surface area contributed by atoms with Crippen LogP contribution in [0.3, 0.4) is 0 Å². The van der Waals surface area contributed by atoms with Gasteiger partial charge in [0.1, 0.15) is 13.2 Å². The van der Waals surface area contributed by atoms with Crippen LogP contribution in [0.2, 0.25) is 0 Å². The zero-order chi connectivity index (χ0) is 36.1. The molecule has 0 radical (unpaired) electrons. The first-order valence-electron chi connectivity index (χ1n) is 17.9. The largest absolute Gasteiger partial charge is 0.463 e. The highest BCUT2D eigenvalue weighted by Gasteiger charge is 2.28. The van der Waals surface area contributed by atoms with Gasteiger partial charge in [-0.05, 0) is 61.6 Å². The lowest BCUT2D eigenvalue weighted by Gasteiger charge is -2.26. The fourth-order valence-corrected chi connectivity index (χ4v) is 6.01. The van der Waals surface area contributed by atoms with Crippen LogP contribution < -0.4 is 10.6 Å². The van der Waals surface area contributed by atoms with Crippen molar-refractivity contribution in [3.8, 4) is 0 Å². The number of carbonyl (C=O) groups excluding carboxylic acids is 4. The standard InChI is InChI=1S/C41H51N3O7/c45-26-25-44(29-33-17-7-2-8-18-33)38(46)28-35-21-11-4-12-22-36(27-32-15-5-1-6-16-32)40(48)50-31-37(43-39(35)47)23-13-14-24-42-41(49)51-30-34-19-9-3-10-20-34/h1-11,15-20,35-37,45H,12-14,21-31H2,(H,42,49)(H,43,47). The molecule has 10 heteroatoms. The Hall–Kier alpha value is -4.96. The monoisotopic (exact) mass is 697 g/mol. The lowest BCUT2D eigenvalue weighted by molar-refractivity contribution is -0.150. The van der Waals surface area contributed by atoms with Gasteiger partial charge >= 0.3 is 12.1 Å². The van der Waals surface area contributed by atoms with Crippen molar-refractivity contribution in [1.82, 2.24) is 15.5 Å². The third kappa shape index (κ3) is 14.4. The van der Waals surface area contributed by atoms with Gasteiger partial charge in [-0.15, -0.1) is 0 Å². The highest BCUT2D eigenvalue weighted by atomic mass is 16.5. The minimum absolute atomic E-state index is 0.00114. The van der Waals surface area contributed by atoms with Gasteiger partial charge in [0.25, 0.3) is 0 Å². The topological polar surface area (TPSA) is 134 Å². The predicted molar refractivity (Wildman–Crippen MR) is 195 cm³/mol. The second kappa shape index (κ2) is 22.0.